The lowest BCUT2D eigenvalue weighted by Crippen LogP contribution is -2.47. The summed E-state index contributed by atoms with van der Waals surface area (Å²) in [6, 6.07) is 11.0. The SMILES string of the molecule is COc1ccc(CCC(=O)N2CCCCCN(C)C(=O)c3ccccc3OC[C@@H]2C(C)C)c(OC)c1OC. The van der Waals surface area contributed by atoms with Gasteiger partial charge in [-0.25, -0.2) is 0 Å². The Morgan fingerprint density at radius 1 is 0.974 bits per heavy atom. The van der Waals surface area contributed by atoms with E-state index in [-0.39, 0.29) is 23.8 Å². The third kappa shape index (κ3) is 6.91. The second-order valence-corrected chi connectivity index (χ2v) is 9.99. The zero-order valence-corrected chi connectivity index (χ0v) is 23.6. The molecule has 8 nitrogen and oxygen atoms in total. The number of benzene rings is 2. The third-order valence-electron chi connectivity index (χ3n) is 7.15. The number of carbonyl (C=O) groups excluding carboxylic acids is 2. The summed E-state index contributed by atoms with van der Waals surface area (Å²) in [6.45, 7) is 5.83. The number of fused-ring (bicyclic) bond motifs is 1. The van der Waals surface area contributed by atoms with Gasteiger partial charge in [0, 0.05) is 26.6 Å². The first-order chi connectivity index (χ1) is 18.3. The maximum absolute atomic E-state index is 13.7. The van der Waals surface area contributed by atoms with Gasteiger partial charge in [0.15, 0.2) is 11.5 Å². The van der Waals surface area contributed by atoms with E-state index in [2.05, 4.69) is 13.8 Å². The maximum Gasteiger partial charge on any atom is 0.257 e. The minimum Gasteiger partial charge on any atom is -0.493 e. The van der Waals surface area contributed by atoms with Crippen LogP contribution in [0.2, 0.25) is 0 Å². The number of hydrogen-bond acceptors (Lipinski definition) is 6. The summed E-state index contributed by atoms with van der Waals surface area (Å²) in [5.41, 5.74) is 1.44. The Bertz CT molecular complexity index is 1090. The zero-order valence-electron chi connectivity index (χ0n) is 23.6. The summed E-state index contributed by atoms with van der Waals surface area (Å²) in [5, 5.41) is 0. The molecule has 3 rings (SSSR count). The molecule has 0 bridgehead atoms. The predicted molar refractivity (Wildman–Crippen MR) is 148 cm³/mol. The van der Waals surface area contributed by atoms with E-state index in [4.69, 9.17) is 18.9 Å². The molecule has 0 spiro atoms. The number of nitrogens with zero attached hydrogens (tertiary/aromatic N) is 2. The van der Waals surface area contributed by atoms with Crippen molar-refractivity contribution in [2.24, 2.45) is 5.92 Å². The predicted octanol–water partition coefficient (Wildman–Crippen LogP) is 4.83. The van der Waals surface area contributed by atoms with Gasteiger partial charge in [0.05, 0.1) is 32.9 Å². The minimum absolute atomic E-state index is 0.0438. The zero-order chi connectivity index (χ0) is 27.7. The van der Waals surface area contributed by atoms with Crippen LogP contribution in [0.3, 0.4) is 0 Å². The Labute approximate surface area is 226 Å². The molecule has 0 aliphatic carbocycles. The number of ether oxygens (including phenoxy) is 4. The molecule has 1 aliphatic heterocycles. The van der Waals surface area contributed by atoms with Gasteiger partial charge in [-0.3, -0.25) is 9.59 Å². The van der Waals surface area contributed by atoms with E-state index in [0.717, 1.165) is 24.8 Å². The Hall–Kier alpha value is -3.42. The average molecular weight is 527 g/mol. The molecular weight excluding hydrogens is 484 g/mol. The van der Waals surface area contributed by atoms with Crippen LogP contribution in [0.5, 0.6) is 23.0 Å². The summed E-state index contributed by atoms with van der Waals surface area (Å²) >= 11 is 0. The van der Waals surface area contributed by atoms with Gasteiger partial charge in [-0.15, -0.1) is 0 Å². The summed E-state index contributed by atoms with van der Waals surface area (Å²) in [7, 11) is 6.58. The summed E-state index contributed by atoms with van der Waals surface area (Å²) in [4.78, 5) is 30.5. The number of hydrogen-bond donors (Lipinski definition) is 0. The highest BCUT2D eigenvalue weighted by Crippen LogP contribution is 2.40. The number of para-hydroxylation sites is 1. The molecule has 0 radical (unpaired) electrons. The van der Waals surface area contributed by atoms with Crippen LogP contribution in [0.15, 0.2) is 36.4 Å². The highest BCUT2D eigenvalue weighted by Gasteiger charge is 2.28. The molecule has 2 aromatic rings. The molecular formula is C30H42N2O6. The lowest BCUT2D eigenvalue weighted by Gasteiger charge is -2.35. The molecule has 1 aliphatic rings. The van der Waals surface area contributed by atoms with Crippen molar-refractivity contribution in [2.75, 3.05) is 48.1 Å². The van der Waals surface area contributed by atoms with Crippen LogP contribution in [0, 0.1) is 5.92 Å². The fourth-order valence-electron chi connectivity index (χ4n) is 4.92. The first kappa shape index (κ1) is 29.1. The van der Waals surface area contributed by atoms with Gasteiger partial charge in [-0.2, -0.15) is 0 Å². The topological polar surface area (TPSA) is 77.5 Å². The van der Waals surface area contributed by atoms with Crippen LogP contribution in [-0.2, 0) is 11.2 Å². The van der Waals surface area contributed by atoms with Crippen LogP contribution >= 0.6 is 0 Å². The van der Waals surface area contributed by atoms with E-state index in [1.165, 1.54) is 0 Å². The fourth-order valence-corrected chi connectivity index (χ4v) is 4.92. The molecule has 0 aromatic heterocycles. The molecule has 0 saturated heterocycles. The van der Waals surface area contributed by atoms with E-state index >= 15 is 0 Å². The molecule has 2 amide bonds. The van der Waals surface area contributed by atoms with Gasteiger partial charge in [0.1, 0.15) is 12.4 Å². The van der Waals surface area contributed by atoms with E-state index in [1.807, 2.05) is 42.3 Å². The highest BCUT2D eigenvalue weighted by molar-refractivity contribution is 5.96. The van der Waals surface area contributed by atoms with Gasteiger partial charge in [0.2, 0.25) is 11.7 Å². The first-order valence-corrected chi connectivity index (χ1v) is 13.4. The highest BCUT2D eigenvalue weighted by atomic mass is 16.5. The van der Waals surface area contributed by atoms with Crippen molar-refractivity contribution < 1.29 is 28.5 Å². The van der Waals surface area contributed by atoms with E-state index in [9.17, 15) is 9.59 Å². The monoisotopic (exact) mass is 526 g/mol. The number of aryl methyl sites for hydroxylation is 1. The van der Waals surface area contributed by atoms with Crippen molar-refractivity contribution in [3.05, 3.63) is 47.5 Å². The lowest BCUT2D eigenvalue weighted by molar-refractivity contribution is -0.135. The standard InChI is InChI=1S/C30H42N2O6/c1-21(2)24-20-38-25-13-9-8-12-23(25)30(34)31(3)18-10-7-11-19-32(24)27(33)17-15-22-14-16-26(35-4)29(37-6)28(22)36-5/h8-9,12-14,16,21,24H,7,10-11,15,17-20H2,1-6H3/t24-/m1/s1. The number of methoxy groups -OCH3 is 3. The van der Waals surface area contributed by atoms with Crippen LogP contribution in [-0.4, -0.2) is 75.7 Å². The van der Waals surface area contributed by atoms with Crippen molar-refractivity contribution in [1.82, 2.24) is 9.80 Å². The molecule has 0 unspecified atom stereocenters. The molecule has 38 heavy (non-hydrogen) atoms. The molecule has 0 fully saturated rings. The van der Waals surface area contributed by atoms with Crippen molar-refractivity contribution in [3.8, 4) is 23.0 Å². The van der Waals surface area contributed by atoms with Crippen LogP contribution in [0.25, 0.3) is 0 Å². The Morgan fingerprint density at radius 2 is 1.68 bits per heavy atom. The van der Waals surface area contributed by atoms with Crippen molar-refractivity contribution >= 4 is 11.8 Å². The van der Waals surface area contributed by atoms with Crippen LogP contribution in [0.4, 0.5) is 0 Å². The lowest BCUT2D eigenvalue weighted by atomic mass is 10.0. The molecule has 1 heterocycles. The van der Waals surface area contributed by atoms with Crippen LogP contribution in [0.1, 0.15) is 55.5 Å². The second kappa shape index (κ2) is 13.9. The normalized spacial score (nSPS) is 17.0. The van der Waals surface area contributed by atoms with Gasteiger partial charge in [-0.1, -0.05) is 32.0 Å². The summed E-state index contributed by atoms with van der Waals surface area (Å²) in [6.07, 6.45) is 3.50. The van der Waals surface area contributed by atoms with E-state index < -0.39 is 0 Å². The van der Waals surface area contributed by atoms with Gasteiger partial charge < -0.3 is 28.7 Å². The molecule has 2 aromatic carbocycles. The number of carbonyl (C=O) groups is 2. The first-order valence-electron chi connectivity index (χ1n) is 13.4. The number of amides is 2. The molecule has 0 saturated carbocycles. The minimum atomic E-state index is -0.128. The Kier molecular flexibility index (Phi) is 10.7. The summed E-state index contributed by atoms with van der Waals surface area (Å²) < 4.78 is 22.8. The maximum atomic E-state index is 13.7. The largest absolute Gasteiger partial charge is 0.493 e. The Morgan fingerprint density at radius 3 is 2.37 bits per heavy atom. The summed E-state index contributed by atoms with van der Waals surface area (Å²) in [5.74, 6) is 2.44. The van der Waals surface area contributed by atoms with E-state index in [0.29, 0.717) is 61.1 Å². The van der Waals surface area contributed by atoms with Gasteiger partial charge in [0.25, 0.3) is 5.91 Å². The van der Waals surface area contributed by atoms with Crippen molar-refractivity contribution in [1.29, 1.82) is 0 Å². The van der Waals surface area contributed by atoms with Crippen molar-refractivity contribution in [2.45, 2.75) is 52.0 Å². The molecule has 208 valence electrons. The Balaban J connectivity index is 1.84. The quantitative estimate of drug-likeness (QED) is 0.514. The third-order valence-corrected chi connectivity index (χ3v) is 7.15. The van der Waals surface area contributed by atoms with Crippen molar-refractivity contribution in [3.63, 3.8) is 0 Å². The second-order valence-electron chi connectivity index (χ2n) is 9.99. The molecule has 1 atom stereocenters. The fraction of sp³-hybridized carbons (Fsp3) is 0.533. The van der Waals surface area contributed by atoms with Gasteiger partial charge >= 0.3 is 0 Å². The number of rotatable bonds is 7. The van der Waals surface area contributed by atoms with Gasteiger partial charge in [-0.05, 0) is 55.4 Å². The molecule has 8 heteroatoms. The molecule has 0 N–H and O–H groups in total. The average Bonchev–Trinajstić information content (AvgIpc) is 2.93. The van der Waals surface area contributed by atoms with E-state index in [1.54, 1.807) is 32.3 Å². The smallest absolute Gasteiger partial charge is 0.257 e. The van der Waals surface area contributed by atoms with Crippen LogP contribution < -0.4 is 18.9 Å².